The van der Waals surface area contributed by atoms with Crippen LogP contribution >= 0.6 is 0 Å². The van der Waals surface area contributed by atoms with E-state index in [9.17, 15) is 18.0 Å². The van der Waals surface area contributed by atoms with Gasteiger partial charge in [-0.2, -0.15) is 13.2 Å². The first kappa shape index (κ1) is 20.5. The lowest BCUT2D eigenvalue weighted by Gasteiger charge is -2.39. The van der Waals surface area contributed by atoms with Crippen molar-refractivity contribution in [2.24, 2.45) is 5.92 Å². The van der Waals surface area contributed by atoms with E-state index in [1.54, 1.807) is 4.90 Å². The molecule has 0 spiro atoms. The van der Waals surface area contributed by atoms with Crippen molar-refractivity contribution in [3.63, 3.8) is 0 Å². The zero-order valence-corrected chi connectivity index (χ0v) is 16.6. The number of piperazine rings is 1. The molecule has 1 aliphatic carbocycles. The van der Waals surface area contributed by atoms with Crippen molar-refractivity contribution in [1.29, 1.82) is 0 Å². The summed E-state index contributed by atoms with van der Waals surface area (Å²) in [5.74, 6) is 0.719. The van der Waals surface area contributed by atoms with Gasteiger partial charge >= 0.3 is 12.2 Å². The van der Waals surface area contributed by atoms with Gasteiger partial charge in [-0.15, -0.1) is 0 Å². The van der Waals surface area contributed by atoms with Crippen molar-refractivity contribution < 1.29 is 18.0 Å². The molecule has 4 rings (SSSR count). The number of halogens is 3. The molecule has 1 aromatic carbocycles. The van der Waals surface area contributed by atoms with Crippen LogP contribution in [0.4, 0.5) is 23.7 Å². The lowest BCUT2D eigenvalue weighted by Crippen LogP contribution is -2.52. The largest absolute Gasteiger partial charge is 0.416 e. The average molecular weight is 410 g/mol. The molecule has 3 fully saturated rings. The molecule has 0 radical (unpaired) electrons. The van der Waals surface area contributed by atoms with Gasteiger partial charge in [0.25, 0.3) is 0 Å². The van der Waals surface area contributed by atoms with Crippen LogP contribution in [0.5, 0.6) is 0 Å². The first-order valence-electron chi connectivity index (χ1n) is 10.6. The van der Waals surface area contributed by atoms with E-state index in [-0.39, 0.29) is 6.03 Å². The molecule has 0 aromatic heterocycles. The van der Waals surface area contributed by atoms with Gasteiger partial charge in [0.2, 0.25) is 0 Å². The Labute approximate surface area is 169 Å². The zero-order valence-electron chi connectivity index (χ0n) is 16.6. The third kappa shape index (κ3) is 5.42. The van der Waals surface area contributed by atoms with Gasteiger partial charge in [-0.05, 0) is 62.4 Å². The van der Waals surface area contributed by atoms with E-state index >= 15 is 0 Å². The molecule has 0 unspecified atom stereocenters. The van der Waals surface area contributed by atoms with E-state index in [0.717, 1.165) is 43.7 Å². The topological polar surface area (TPSA) is 38.8 Å². The number of benzene rings is 1. The highest BCUT2D eigenvalue weighted by atomic mass is 19.4. The first-order chi connectivity index (χ1) is 13.9. The summed E-state index contributed by atoms with van der Waals surface area (Å²) in [6.07, 6.45) is 0.931. The number of nitrogens with one attached hydrogen (secondary N) is 1. The van der Waals surface area contributed by atoms with Gasteiger partial charge in [-0.1, -0.05) is 0 Å². The monoisotopic (exact) mass is 410 g/mol. The molecular formula is C21H29F3N4O. The smallest absolute Gasteiger partial charge is 0.322 e. The van der Waals surface area contributed by atoms with E-state index < -0.39 is 11.7 Å². The third-order valence-corrected chi connectivity index (χ3v) is 6.25. The van der Waals surface area contributed by atoms with Crippen LogP contribution in [0.25, 0.3) is 0 Å². The fourth-order valence-corrected chi connectivity index (χ4v) is 4.46. The Hall–Kier alpha value is -1.80. The molecule has 1 N–H and O–H groups in total. The minimum Gasteiger partial charge on any atom is -0.322 e. The minimum atomic E-state index is -4.37. The number of piperidine rings is 1. The van der Waals surface area contributed by atoms with Crippen LogP contribution in [-0.4, -0.2) is 72.6 Å². The van der Waals surface area contributed by atoms with Crippen LogP contribution in [0.2, 0.25) is 0 Å². The molecule has 1 saturated carbocycles. The number of carbonyl (C=O) groups is 1. The van der Waals surface area contributed by atoms with Gasteiger partial charge in [-0.3, -0.25) is 4.90 Å². The Morgan fingerprint density at radius 1 is 1.00 bits per heavy atom. The van der Waals surface area contributed by atoms with Gasteiger partial charge < -0.3 is 15.1 Å². The molecule has 2 amide bonds. The van der Waals surface area contributed by atoms with E-state index in [2.05, 4.69) is 15.1 Å². The maximum Gasteiger partial charge on any atom is 0.416 e. The quantitative estimate of drug-likeness (QED) is 0.822. The molecular weight excluding hydrogens is 381 g/mol. The van der Waals surface area contributed by atoms with Crippen molar-refractivity contribution in [3.05, 3.63) is 29.8 Å². The summed E-state index contributed by atoms with van der Waals surface area (Å²) >= 11 is 0. The summed E-state index contributed by atoms with van der Waals surface area (Å²) in [6.45, 7) is 6.54. The second-order valence-corrected chi connectivity index (χ2v) is 8.53. The second-order valence-electron chi connectivity index (χ2n) is 8.53. The van der Waals surface area contributed by atoms with Gasteiger partial charge in [0.1, 0.15) is 0 Å². The molecule has 1 atom stereocenters. The number of hydrogen-bond acceptors (Lipinski definition) is 3. The number of urea groups is 1. The summed E-state index contributed by atoms with van der Waals surface area (Å²) in [6, 6.07) is 5.16. The van der Waals surface area contributed by atoms with Crippen molar-refractivity contribution in [2.45, 2.75) is 37.9 Å². The van der Waals surface area contributed by atoms with Gasteiger partial charge in [0.15, 0.2) is 0 Å². The van der Waals surface area contributed by atoms with Crippen LogP contribution in [0.15, 0.2) is 24.3 Å². The molecule has 1 aromatic rings. The highest BCUT2D eigenvalue weighted by molar-refractivity contribution is 5.89. The lowest BCUT2D eigenvalue weighted by molar-refractivity contribution is -0.137. The summed E-state index contributed by atoms with van der Waals surface area (Å²) in [5, 5.41) is 2.71. The molecule has 29 heavy (non-hydrogen) atoms. The number of carbonyl (C=O) groups excluding carboxylic acids is 1. The van der Waals surface area contributed by atoms with Gasteiger partial charge in [0.05, 0.1) is 5.56 Å². The number of rotatable bonds is 4. The van der Waals surface area contributed by atoms with Crippen molar-refractivity contribution in [3.8, 4) is 0 Å². The van der Waals surface area contributed by atoms with E-state index in [1.165, 1.54) is 50.9 Å². The number of amides is 2. The third-order valence-electron chi connectivity index (χ3n) is 6.25. The fourth-order valence-electron chi connectivity index (χ4n) is 4.46. The number of hydrogen-bond donors (Lipinski definition) is 1. The minimum absolute atomic E-state index is 0.248. The van der Waals surface area contributed by atoms with Crippen molar-refractivity contribution in [2.75, 3.05) is 51.1 Å². The normalized spacial score (nSPS) is 24.5. The van der Waals surface area contributed by atoms with E-state index in [0.29, 0.717) is 18.8 Å². The van der Waals surface area contributed by atoms with Crippen LogP contribution in [-0.2, 0) is 6.18 Å². The predicted octanol–water partition coefficient (Wildman–Crippen LogP) is 3.73. The van der Waals surface area contributed by atoms with Crippen LogP contribution in [0.3, 0.4) is 0 Å². The first-order valence-corrected chi connectivity index (χ1v) is 10.6. The SMILES string of the molecule is O=C(Nc1ccc(C(F)(F)F)cc1)N1CCN(C[C@@H]2CCCN(C3CC3)C2)CC1. The number of anilines is 1. The highest BCUT2D eigenvalue weighted by Gasteiger charge is 2.33. The van der Waals surface area contributed by atoms with E-state index in [4.69, 9.17) is 0 Å². The van der Waals surface area contributed by atoms with Gasteiger partial charge in [0, 0.05) is 51.0 Å². The maximum absolute atomic E-state index is 12.6. The lowest BCUT2D eigenvalue weighted by atomic mass is 9.97. The van der Waals surface area contributed by atoms with Gasteiger partial charge in [-0.25, -0.2) is 4.79 Å². The summed E-state index contributed by atoms with van der Waals surface area (Å²) in [5.41, 5.74) is -0.333. The summed E-state index contributed by atoms with van der Waals surface area (Å²) in [4.78, 5) is 19.3. The molecule has 0 bridgehead atoms. The van der Waals surface area contributed by atoms with Crippen molar-refractivity contribution >= 4 is 11.7 Å². The standard InChI is InChI=1S/C21H29F3N4O/c22-21(23,24)17-3-5-18(6-4-17)25-20(29)27-12-10-26(11-13-27)14-16-2-1-9-28(15-16)19-7-8-19/h3-6,16,19H,1-2,7-15H2,(H,25,29)/t16-/m0/s1. The predicted molar refractivity (Wildman–Crippen MR) is 106 cm³/mol. The number of nitrogens with zero attached hydrogens (tertiary/aromatic N) is 3. The molecule has 8 heteroatoms. The van der Waals surface area contributed by atoms with Crippen molar-refractivity contribution in [1.82, 2.24) is 14.7 Å². The Morgan fingerprint density at radius 2 is 1.69 bits per heavy atom. The molecule has 160 valence electrons. The fraction of sp³-hybridized carbons (Fsp3) is 0.667. The second kappa shape index (κ2) is 8.52. The Balaban J connectivity index is 1.21. The molecule has 5 nitrogen and oxygen atoms in total. The van der Waals surface area contributed by atoms with Crippen LogP contribution in [0.1, 0.15) is 31.2 Å². The van der Waals surface area contributed by atoms with Crippen LogP contribution < -0.4 is 5.32 Å². The Kier molecular flexibility index (Phi) is 6.01. The van der Waals surface area contributed by atoms with E-state index in [1.807, 2.05) is 0 Å². The summed E-state index contributed by atoms with van der Waals surface area (Å²) < 4.78 is 37.9. The molecule has 2 saturated heterocycles. The molecule has 3 aliphatic rings. The average Bonchev–Trinajstić information content (AvgIpc) is 3.54. The zero-order chi connectivity index (χ0) is 20.4. The summed E-state index contributed by atoms with van der Waals surface area (Å²) in [7, 11) is 0. The number of alkyl halides is 3. The maximum atomic E-state index is 12.6. The molecule has 2 heterocycles. The molecule has 2 aliphatic heterocycles. The Morgan fingerprint density at radius 3 is 2.31 bits per heavy atom. The highest BCUT2D eigenvalue weighted by Crippen LogP contribution is 2.31. The Bertz CT molecular complexity index is 697. The van der Waals surface area contributed by atoms with Crippen LogP contribution in [0, 0.1) is 5.92 Å². The number of likely N-dealkylation sites (tertiary alicyclic amines) is 1.